The molecule has 2 heteroatoms. The summed E-state index contributed by atoms with van der Waals surface area (Å²) in [6.07, 6.45) is 1.47. The molecule has 0 amide bonds. The van der Waals surface area contributed by atoms with Gasteiger partial charge in [-0.15, -0.1) is 0 Å². The molecule has 1 aromatic rings. The number of nitrogens with zero attached hydrogens (tertiary/aromatic N) is 1. The van der Waals surface area contributed by atoms with Crippen LogP contribution in [0.2, 0.25) is 0 Å². The van der Waals surface area contributed by atoms with Crippen LogP contribution in [0.5, 0.6) is 0 Å². The first kappa shape index (κ1) is 10.0. The summed E-state index contributed by atoms with van der Waals surface area (Å²) in [6.45, 7) is 2.23. The maximum Gasteiger partial charge on any atom is 0.180 e. The number of hydrogen-bond donors (Lipinski definition) is 0. The van der Waals surface area contributed by atoms with Crippen LogP contribution in [0.4, 0.5) is 0 Å². The third-order valence-electron chi connectivity index (χ3n) is 4.29. The van der Waals surface area contributed by atoms with Crippen LogP contribution >= 0.6 is 0 Å². The van der Waals surface area contributed by atoms with Crippen LogP contribution in [0.3, 0.4) is 0 Å². The van der Waals surface area contributed by atoms with Crippen LogP contribution in [0.25, 0.3) is 0 Å². The van der Waals surface area contributed by atoms with E-state index in [4.69, 9.17) is 4.74 Å². The topological polar surface area (TPSA) is 12.2 Å². The molecule has 0 saturated heterocycles. The van der Waals surface area contributed by atoms with Crippen LogP contribution < -0.4 is 0 Å². The highest BCUT2D eigenvalue weighted by molar-refractivity contribution is 5.87. The normalized spacial score (nSPS) is 31.8. The van der Waals surface area contributed by atoms with E-state index in [1.165, 1.54) is 16.8 Å². The van der Waals surface area contributed by atoms with Crippen molar-refractivity contribution in [2.24, 2.45) is 0 Å². The average Bonchev–Trinajstić information content (AvgIpc) is 2.34. The highest BCUT2D eigenvalue weighted by Crippen LogP contribution is 2.45. The Bertz CT molecular complexity index is 464. The number of fused-ring (bicyclic) bond motifs is 1. The third kappa shape index (κ3) is 1.14. The molecule has 0 N–H and O–H groups in total. The second-order valence-corrected chi connectivity index (χ2v) is 4.88. The molecule has 2 heterocycles. The maximum atomic E-state index is 5.65. The number of ether oxygens (including phenoxy) is 1. The third-order valence-corrected chi connectivity index (χ3v) is 4.29. The van der Waals surface area contributed by atoms with Crippen LogP contribution in [-0.4, -0.2) is 30.5 Å². The quantitative estimate of drug-likeness (QED) is 0.656. The minimum Gasteiger partial charge on any atom is -0.380 e. The van der Waals surface area contributed by atoms with Crippen molar-refractivity contribution in [3.05, 3.63) is 35.4 Å². The molecule has 84 valence electrons. The Morgan fingerprint density at radius 2 is 1.94 bits per heavy atom. The Kier molecular flexibility index (Phi) is 2.15. The van der Waals surface area contributed by atoms with Crippen LogP contribution in [0, 0.1) is 0 Å². The maximum absolute atomic E-state index is 5.65. The minimum absolute atomic E-state index is 0.358. The first-order valence-corrected chi connectivity index (χ1v) is 5.92. The molecule has 2 nitrogen and oxygen atoms in total. The Morgan fingerprint density at radius 3 is 2.62 bits per heavy atom. The summed E-state index contributed by atoms with van der Waals surface area (Å²) in [4.78, 5) is 0. The Labute approximate surface area is 96.6 Å². The lowest BCUT2D eigenvalue weighted by Gasteiger charge is -2.39. The van der Waals surface area contributed by atoms with Gasteiger partial charge in [0.15, 0.2) is 11.8 Å². The van der Waals surface area contributed by atoms with E-state index in [2.05, 4.69) is 42.8 Å². The summed E-state index contributed by atoms with van der Waals surface area (Å²) in [5.41, 5.74) is 4.41. The van der Waals surface area contributed by atoms with E-state index in [9.17, 15) is 0 Å². The van der Waals surface area contributed by atoms with Crippen molar-refractivity contribution in [3.63, 3.8) is 0 Å². The molecular weight excluding hydrogens is 198 g/mol. The van der Waals surface area contributed by atoms with Gasteiger partial charge < -0.3 is 4.74 Å². The minimum atomic E-state index is 0.358. The van der Waals surface area contributed by atoms with E-state index >= 15 is 0 Å². The lowest BCUT2D eigenvalue weighted by molar-refractivity contribution is -0.558. The number of hydrogen-bond acceptors (Lipinski definition) is 1. The van der Waals surface area contributed by atoms with Gasteiger partial charge in [-0.25, -0.2) is 4.58 Å². The van der Waals surface area contributed by atoms with Crippen LogP contribution in [0.15, 0.2) is 24.3 Å². The van der Waals surface area contributed by atoms with Crippen molar-refractivity contribution >= 4 is 5.71 Å². The molecule has 16 heavy (non-hydrogen) atoms. The van der Waals surface area contributed by atoms with Crippen molar-refractivity contribution in [2.75, 3.05) is 14.2 Å². The molecule has 0 aromatic heterocycles. The van der Waals surface area contributed by atoms with Gasteiger partial charge in [0, 0.05) is 26.0 Å². The number of benzene rings is 1. The zero-order valence-electron chi connectivity index (χ0n) is 10.1. The fourth-order valence-electron chi connectivity index (χ4n) is 3.34. The molecule has 2 bridgehead atoms. The van der Waals surface area contributed by atoms with E-state index in [-0.39, 0.29) is 0 Å². The molecule has 0 fully saturated rings. The lowest BCUT2D eigenvalue weighted by atomic mass is 9.72. The Hall–Kier alpha value is -1.15. The SMILES string of the molecule is CO[C@H]1C[C@H]2c3ccccc3[C@@H]1C(C)=[N+]2C. The van der Waals surface area contributed by atoms with E-state index in [0.29, 0.717) is 18.1 Å². The first-order chi connectivity index (χ1) is 7.74. The van der Waals surface area contributed by atoms with Gasteiger partial charge in [-0.05, 0) is 5.56 Å². The van der Waals surface area contributed by atoms with Crippen molar-refractivity contribution < 1.29 is 9.31 Å². The highest BCUT2D eigenvalue weighted by atomic mass is 16.5. The molecule has 3 aliphatic rings. The van der Waals surface area contributed by atoms with Crippen molar-refractivity contribution in [1.29, 1.82) is 0 Å². The molecule has 1 aliphatic carbocycles. The van der Waals surface area contributed by atoms with Gasteiger partial charge in [0.25, 0.3) is 0 Å². The second-order valence-electron chi connectivity index (χ2n) is 4.88. The molecule has 4 rings (SSSR count). The fourth-order valence-corrected chi connectivity index (χ4v) is 3.34. The monoisotopic (exact) mass is 216 g/mol. The van der Waals surface area contributed by atoms with E-state index in [1.54, 1.807) is 0 Å². The lowest BCUT2D eigenvalue weighted by Crippen LogP contribution is -2.45. The van der Waals surface area contributed by atoms with E-state index < -0.39 is 0 Å². The zero-order valence-corrected chi connectivity index (χ0v) is 10.1. The van der Waals surface area contributed by atoms with Gasteiger partial charge >= 0.3 is 0 Å². The summed E-state index contributed by atoms with van der Waals surface area (Å²) in [5, 5.41) is 0. The molecule has 0 unspecified atom stereocenters. The standard InChI is InChI=1S/C14H18NO/c1-9-14-11-7-5-4-6-10(11)12(15(9)2)8-13(14)16-3/h4-7,12-14H,8H2,1-3H3/q+1/t12-,13-,14-/m0/s1. The number of methoxy groups -OCH3 is 1. The smallest absolute Gasteiger partial charge is 0.180 e. The first-order valence-electron chi connectivity index (χ1n) is 5.92. The average molecular weight is 216 g/mol. The molecule has 0 radical (unpaired) electrons. The van der Waals surface area contributed by atoms with E-state index in [0.717, 1.165) is 6.42 Å². The molecule has 1 aromatic carbocycles. The molecule has 0 saturated carbocycles. The Morgan fingerprint density at radius 1 is 1.25 bits per heavy atom. The zero-order chi connectivity index (χ0) is 11.3. The number of rotatable bonds is 1. The fraction of sp³-hybridized carbons (Fsp3) is 0.500. The van der Waals surface area contributed by atoms with Gasteiger partial charge in [0.05, 0.1) is 12.0 Å². The Balaban J connectivity index is 2.20. The molecule has 3 atom stereocenters. The predicted molar refractivity (Wildman–Crippen MR) is 64.2 cm³/mol. The summed E-state index contributed by atoms with van der Waals surface area (Å²) >= 11 is 0. The summed E-state index contributed by atoms with van der Waals surface area (Å²) in [6, 6.07) is 9.31. The summed E-state index contributed by atoms with van der Waals surface area (Å²) in [5.74, 6) is 0.455. The van der Waals surface area contributed by atoms with Crippen LogP contribution in [0.1, 0.15) is 36.4 Å². The van der Waals surface area contributed by atoms with Crippen LogP contribution in [-0.2, 0) is 4.74 Å². The highest BCUT2D eigenvalue weighted by Gasteiger charge is 2.47. The van der Waals surface area contributed by atoms with Gasteiger partial charge in [-0.2, -0.15) is 0 Å². The van der Waals surface area contributed by atoms with Crippen molar-refractivity contribution in [2.45, 2.75) is 31.4 Å². The van der Waals surface area contributed by atoms with Gasteiger partial charge in [0.1, 0.15) is 7.05 Å². The van der Waals surface area contributed by atoms with Crippen molar-refractivity contribution in [1.82, 2.24) is 0 Å². The summed E-state index contributed by atoms with van der Waals surface area (Å²) in [7, 11) is 4.04. The van der Waals surface area contributed by atoms with Gasteiger partial charge in [0.2, 0.25) is 0 Å². The molecule has 0 spiro atoms. The largest absolute Gasteiger partial charge is 0.380 e. The van der Waals surface area contributed by atoms with Crippen molar-refractivity contribution in [3.8, 4) is 0 Å². The molecule has 2 aliphatic heterocycles. The van der Waals surface area contributed by atoms with Gasteiger partial charge in [-0.1, -0.05) is 24.3 Å². The molecular formula is C14H18NO+. The van der Waals surface area contributed by atoms with E-state index in [1.807, 2.05) is 7.11 Å². The summed E-state index contributed by atoms with van der Waals surface area (Å²) < 4.78 is 8.07. The van der Waals surface area contributed by atoms with Gasteiger partial charge in [-0.3, -0.25) is 0 Å². The predicted octanol–water partition coefficient (Wildman–Crippen LogP) is 2.35. The second kappa shape index (κ2) is 3.42.